The van der Waals surface area contributed by atoms with Gasteiger partial charge in [-0.2, -0.15) is 0 Å². The van der Waals surface area contributed by atoms with Crippen molar-refractivity contribution >= 4 is 0 Å². The van der Waals surface area contributed by atoms with Crippen LogP contribution in [0.4, 0.5) is 0 Å². The summed E-state index contributed by atoms with van der Waals surface area (Å²) < 4.78 is 7.83. The molecule has 2 rings (SSSR count). The highest BCUT2D eigenvalue weighted by Crippen LogP contribution is 2.32. The number of aromatic nitrogens is 3. The van der Waals surface area contributed by atoms with Crippen LogP contribution in [0.5, 0.6) is 0 Å². The first-order valence-corrected chi connectivity index (χ1v) is 5.67. The lowest BCUT2D eigenvalue weighted by molar-refractivity contribution is 0.0833. The fourth-order valence-electron chi connectivity index (χ4n) is 2.04. The number of hydrogen-bond acceptors (Lipinski definition) is 3. The Bertz CT molecular complexity index is 321. The number of hydrogen-bond donors (Lipinski definition) is 0. The van der Waals surface area contributed by atoms with Crippen LogP contribution in [0.15, 0.2) is 6.33 Å². The minimum atomic E-state index is 0.145. The van der Waals surface area contributed by atoms with E-state index in [1.54, 1.807) is 0 Å². The van der Waals surface area contributed by atoms with Crippen LogP contribution in [-0.2, 0) is 11.3 Å². The molecule has 1 aromatic heterocycles. The Morgan fingerprint density at radius 1 is 1.60 bits per heavy atom. The lowest BCUT2D eigenvalue weighted by Crippen LogP contribution is -2.14. The van der Waals surface area contributed by atoms with Crippen LogP contribution in [0, 0.1) is 11.8 Å². The Balaban J connectivity index is 2.16. The fraction of sp³-hybridized carbons (Fsp3) is 0.818. The van der Waals surface area contributed by atoms with E-state index in [1.807, 2.05) is 6.33 Å². The number of ether oxygens (including phenoxy) is 1. The van der Waals surface area contributed by atoms with Gasteiger partial charge in [0.25, 0.3) is 0 Å². The molecule has 1 saturated heterocycles. The molecule has 0 amide bonds. The quantitative estimate of drug-likeness (QED) is 0.764. The predicted octanol–water partition coefficient (Wildman–Crippen LogP) is 2.03. The summed E-state index contributed by atoms with van der Waals surface area (Å²) in [5.41, 5.74) is 0. The van der Waals surface area contributed by atoms with Crippen molar-refractivity contribution in [2.45, 2.75) is 39.8 Å². The van der Waals surface area contributed by atoms with Gasteiger partial charge in [0.05, 0.1) is 0 Å². The highest BCUT2D eigenvalue weighted by molar-refractivity contribution is 4.96. The third kappa shape index (κ3) is 2.20. The second-order valence-corrected chi connectivity index (χ2v) is 4.79. The molecule has 1 aromatic rings. The largest absolute Gasteiger partial charge is 0.370 e. The van der Waals surface area contributed by atoms with Gasteiger partial charge in [0.2, 0.25) is 0 Å². The number of rotatable bonds is 3. The molecule has 4 nitrogen and oxygen atoms in total. The van der Waals surface area contributed by atoms with E-state index in [-0.39, 0.29) is 6.10 Å². The zero-order valence-electron chi connectivity index (χ0n) is 9.68. The predicted molar refractivity (Wildman–Crippen MR) is 57.3 cm³/mol. The Morgan fingerprint density at radius 2 is 2.40 bits per heavy atom. The molecule has 1 fully saturated rings. The zero-order valence-corrected chi connectivity index (χ0v) is 9.68. The van der Waals surface area contributed by atoms with Crippen molar-refractivity contribution in [2.24, 2.45) is 11.8 Å². The summed E-state index contributed by atoms with van der Waals surface area (Å²) in [5.74, 6) is 2.16. The van der Waals surface area contributed by atoms with Crippen molar-refractivity contribution in [2.75, 3.05) is 6.61 Å². The van der Waals surface area contributed by atoms with Gasteiger partial charge in [-0.05, 0) is 18.3 Å². The van der Waals surface area contributed by atoms with E-state index in [4.69, 9.17) is 4.74 Å². The van der Waals surface area contributed by atoms with Crippen molar-refractivity contribution in [1.29, 1.82) is 0 Å². The topological polar surface area (TPSA) is 39.9 Å². The molecule has 0 bridgehead atoms. The summed E-state index contributed by atoms with van der Waals surface area (Å²) >= 11 is 0. The van der Waals surface area contributed by atoms with Gasteiger partial charge in [0.1, 0.15) is 12.4 Å². The first kappa shape index (κ1) is 10.6. The summed E-state index contributed by atoms with van der Waals surface area (Å²) in [7, 11) is 0. The van der Waals surface area contributed by atoms with Crippen LogP contribution in [0.25, 0.3) is 0 Å². The van der Waals surface area contributed by atoms with Gasteiger partial charge >= 0.3 is 0 Å². The van der Waals surface area contributed by atoms with Gasteiger partial charge in [-0.1, -0.05) is 20.8 Å². The van der Waals surface area contributed by atoms with E-state index in [9.17, 15) is 0 Å². The lowest BCUT2D eigenvalue weighted by Gasteiger charge is -2.16. The second-order valence-electron chi connectivity index (χ2n) is 4.79. The summed E-state index contributed by atoms with van der Waals surface area (Å²) in [6.07, 6.45) is 3.08. The van der Waals surface area contributed by atoms with Crippen molar-refractivity contribution in [3.63, 3.8) is 0 Å². The van der Waals surface area contributed by atoms with Crippen LogP contribution in [0.1, 0.15) is 39.1 Å². The van der Waals surface area contributed by atoms with E-state index >= 15 is 0 Å². The Hall–Kier alpha value is -0.900. The van der Waals surface area contributed by atoms with Gasteiger partial charge in [0, 0.05) is 13.2 Å². The van der Waals surface area contributed by atoms with Crippen LogP contribution < -0.4 is 0 Å². The van der Waals surface area contributed by atoms with Crippen molar-refractivity contribution in [3.05, 3.63) is 12.2 Å². The molecule has 0 radical (unpaired) electrons. The molecule has 0 aliphatic carbocycles. The van der Waals surface area contributed by atoms with Gasteiger partial charge in [-0.15, -0.1) is 10.2 Å². The molecule has 1 aliphatic heterocycles. The molecular weight excluding hydrogens is 190 g/mol. The summed E-state index contributed by atoms with van der Waals surface area (Å²) in [4.78, 5) is 0. The average molecular weight is 209 g/mol. The summed E-state index contributed by atoms with van der Waals surface area (Å²) in [6.45, 7) is 8.42. The van der Waals surface area contributed by atoms with E-state index < -0.39 is 0 Å². The molecule has 2 atom stereocenters. The maximum atomic E-state index is 5.71. The van der Waals surface area contributed by atoms with Crippen molar-refractivity contribution in [1.82, 2.24) is 14.8 Å². The molecule has 15 heavy (non-hydrogen) atoms. The minimum absolute atomic E-state index is 0.145. The van der Waals surface area contributed by atoms with Gasteiger partial charge in [-0.25, -0.2) is 0 Å². The average Bonchev–Trinajstić information content (AvgIpc) is 2.73. The highest BCUT2D eigenvalue weighted by atomic mass is 16.5. The molecule has 84 valence electrons. The lowest BCUT2D eigenvalue weighted by atomic mass is 10.0. The van der Waals surface area contributed by atoms with Crippen molar-refractivity contribution < 1.29 is 4.74 Å². The molecular formula is C11H19N3O. The Morgan fingerprint density at radius 3 is 3.00 bits per heavy atom. The highest BCUT2D eigenvalue weighted by Gasteiger charge is 2.29. The van der Waals surface area contributed by atoms with E-state index in [1.165, 1.54) is 0 Å². The Labute approximate surface area is 90.7 Å². The minimum Gasteiger partial charge on any atom is -0.370 e. The molecule has 2 unspecified atom stereocenters. The first-order chi connectivity index (χ1) is 7.18. The van der Waals surface area contributed by atoms with E-state index in [0.29, 0.717) is 11.8 Å². The normalized spacial score (nSPS) is 26.4. The summed E-state index contributed by atoms with van der Waals surface area (Å²) in [5, 5.41) is 8.18. The molecule has 0 N–H and O–H groups in total. The first-order valence-electron chi connectivity index (χ1n) is 5.67. The maximum Gasteiger partial charge on any atom is 0.162 e. The molecule has 2 heterocycles. The molecule has 0 aromatic carbocycles. The monoisotopic (exact) mass is 209 g/mol. The smallest absolute Gasteiger partial charge is 0.162 e. The van der Waals surface area contributed by atoms with Gasteiger partial charge in [0.15, 0.2) is 5.82 Å². The van der Waals surface area contributed by atoms with Gasteiger partial charge < -0.3 is 9.30 Å². The standard InChI is InChI=1S/C11H19N3O/c1-8(2)6-14-7-12-13-11(14)10-9(3)4-5-15-10/h7-10H,4-6H2,1-3H3. The number of nitrogens with zero attached hydrogens (tertiary/aromatic N) is 3. The van der Waals surface area contributed by atoms with E-state index in [2.05, 4.69) is 35.5 Å². The fourth-order valence-corrected chi connectivity index (χ4v) is 2.04. The SMILES string of the molecule is CC(C)Cn1cnnc1C1OCCC1C. The van der Waals surface area contributed by atoms with Crippen LogP contribution in [0.3, 0.4) is 0 Å². The van der Waals surface area contributed by atoms with Crippen LogP contribution in [0.2, 0.25) is 0 Å². The molecule has 0 spiro atoms. The molecule has 4 heteroatoms. The second kappa shape index (κ2) is 4.31. The third-order valence-electron chi connectivity index (χ3n) is 2.85. The molecule has 1 aliphatic rings. The van der Waals surface area contributed by atoms with Crippen molar-refractivity contribution in [3.8, 4) is 0 Å². The zero-order chi connectivity index (χ0) is 10.8. The van der Waals surface area contributed by atoms with Crippen LogP contribution >= 0.6 is 0 Å². The Kier molecular flexibility index (Phi) is 3.05. The van der Waals surface area contributed by atoms with Crippen LogP contribution in [-0.4, -0.2) is 21.4 Å². The maximum absolute atomic E-state index is 5.71. The third-order valence-corrected chi connectivity index (χ3v) is 2.85. The van der Waals surface area contributed by atoms with Gasteiger partial charge in [-0.3, -0.25) is 0 Å². The molecule has 0 saturated carbocycles. The summed E-state index contributed by atoms with van der Waals surface area (Å²) in [6, 6.07) is 0. The van der Waals surface area contributed by atoms with E-state index in [0.717, 1.165) is 25.4 Å².